The summed E-state index contributed by atoms with van der Waals surface area (Å²) in [7, 11) is 0. The molecule has 0 atom stereocenters. The van der Waals surface area contributed by atoms with Crippen LogP contribution in [0.2, 0.25) is 0 Å². The third-order valence-corrected chi connectivity index (χ3v) is 3.54. The molecule has 0 unspecified atom stereocenters. The molecule has 2 rings (SSSR count). The molecule has 0 aromatic rings. The van der Waals surface area contributed by atoms with Crippen molar-refractivity contribution in [3.8, 4) is 0 Å². The van der Waals surface area contributed by atoms with E-state index in [0.717, 1.165) is 0 Å². The van der Waals surface area contributed by atoms with E-state index in [0.29, 0.717) is 44.9 Å². The summed E-state index contributed by atoms with van der Waals surface area (Å²) in [6, 6.07) is 0. The van der Waals surface area contributed by atoms with Crippen molar-refractivity contribution < 1.29 is 14.4 Å². The van der Waals surface area contributed by atoms with Crippen molar-refractivity contribution in [1.29, 1.82) is 0 Å². The highest BCUT2D eigenvalue weighted by Gasteiger charge is 2.48. The number of Topliss-reactive ketones (excluding diaryl/α,β-unsaturated/α-hetero) is 3. The molecule has 0 aliphatic heterocycles. The minimum atomic E-state index is -0.744. The number of ketones is 3. The fourth-order valence-electron chi connectivity index (χ4n) is 2.56. The Balaban J connectivity index is 2.23. The van der Waals surface area contributed by atoms with Gasteiger partial charge in [0.05, 0.1) is 5.41 Å². The fraction of sp³-hybridized carbons (Fsp3) is 0.727. The Morgan fingerprint density at radius 1 is 0.786 bits per heavy atom. The molecule has 3 heteroatoms. The number of carbonyl (C=O) groups excluding carboxylic acids is 3. The van der Waals surface area contributed by atoms with Gasteiger partial charge < -0.3 is 0 Å². The molecule has 0 amide bonds. The van der Waals surface area contributed by atoms with Crippen molar-refractivity contribution in [2.24, 2.45) is 5.41 Å². The van der Waals surface area contributed by atoms with Gasteiger partial charge in [-0.1, -0.05) is 0 Å². The minimum Gasteiger partial charge on any atom is -0.300 e. The lowest BCUT2D eigenvalue weighted by Crippen LogP contribution is -2.45. The maximum atomic E-state index is 11.8. The number of rotatable bonds is 0. The quantitative estimate of drug-likeness (QED) is 0.548. The van der Waals surface area contributed by atoms with Gasteiger partial charge >= 0.3 is 0 Å². The smallest absolute Gasteiger partial charge is 0.146 e. The monoisotopic (exact) mass is 194 g/mol. The SMILES string of the molecule is O=C1CCC2(CC1)C(=O)CCCC2=O. The summed E-state index contributed by atoms with van der Waals surface area (Å²) in [5.74, 6) is 0.365. The lowest BCUT2D eigenvalue weighted by atomic mass is 9.63. The van der Waals surface area contributed by atoms with Gasteiger partial charge in [-0.15, -0.1) is 0 Å². The summed E-state index contributed by atoms with van der Waals surface area (Å²) in [5.41, 5.74) is -0.744. The van der Waals surface area contributed by atoms with E-state index >= 15 is 0 Å². The van der Waals surface area contributed by atoms with Crippen molar-refractivity contribution in [1.82, 2.24) is 0 Å². The predicted octanol–water partition coefficient (Wildman–Crippen LogP) is 1.44. The van der Waals surface area contributed by atoms with Crippen LogP contribution in [0.5, 0.6) is 0 Å². The molecule has 1 spiro atoms. The first-order valence-corrected chi connectivity index (χ1v) is 5.23. The normalized spacial score (nSPS) is 27.0. The van der Waals surface area contributed by atoms with Gasteiger partial charge in [-0.2, -0.15) is 0 Å². The van der Waals surface area contributed by atoms with Crippen LogP contribution < -0.4 is 0 Å². The molecule has 76 valence electrons. The van der Waals surface area contributed by atoms with Crippen LogP contribution in [0.1, 0.15) is 44.9 Å². The Kier molecular flexibility index (Phi) is 2.25. The third kappa shape index (κ3) is 1.31. The Morgan fingerprint density at radius 3 is 1.79 bits per heavy atom. The predicted molar refractivity (Wildman–Crippen MR) is 49.8 cm³/mol. The highest BCUT2D eigenvalue weighted by Crippen LogP contribution is 2.41. The van der Waals surface area contributed by atoms with Crippen molar-refractivity contribution >= 4 is 17.3 Å². The van der Waals surface area contributed by atoms with E-state index in [1.807, 2.05) is 0 Å². The van der Waals surface area contributed by atoms with E-state index < -0.39 is 5.41 Å². The minimum absolute atomic E-state index is 0.0845. The molecular weight excluding hydrogens is 180 g/mol. The Labute approximate surface area is 82.9 Å². The van der Waals surface area contributed by atoms with Crippen LogP contribution in [0.4, 0.5) is 0 Å². The first-order valence-electron chi connectivity index (χ1n) is 5.23. The van der Waals surface area contributed by atoms with Crippen molar-refractivity contribution in [2.45, 2.75) is 44.9 Å². The zero-order valence-corrected chi connectivity index (χ0v) is 8.17. The molecule has 2 aliphatic carbocycles. The van der Waals surface area contributed by atoms with Gasteiger partial charge in [0.15, 0.2) is 0 Å². The topological polar surface area (TPSA) is 51.2 Å². The van der Waals surface area contributed by atoms with Crippen LogP contribution in [0.15, 0.2) is 0 Å². The molecule has 0 aromatic heterocycles. The van der Waals surface area contributed by atoms with Crippen LogP contribution in [0, 0.1) is 5.41 Å². The average molecular weight is 194 g/mol. The standard InChI is InChI=1S/C11H14O3/c12-8-4-6-11(7-5-8)9(13)2-1-3-10(11)14/h1-7H2. The molecule has 0 aromatic carbocycles. The second-order valence-electron chi connectivity index (χ2n) is 4.32. The Bertz CT molecular complexity index is 276. The van der Waals surface area contributed by atoms with Crippen LogP contribution in [-0.2, 0) is 14.4 Å². The van der Waals surface area contributed by atoms with Crippen molar-refractivity contribution in [3.63, 3.8) is 0 Å². The van der Waals surface area contributed by atoms with Crippen LogP contribution >= 0.6 is 0 Å². The van der Waals surface area contributed by atoms with Gasteiger partial charge in [0.1, 0.15) is 17.3 Å². The first-order chi connectivity index (χ1) is 6.65. The second-order valence-corrected chi connectivity index (χ2v) is 4.32. The van der Waals surface area contributed by atoms with Gasteiger partial charge in [-0.05, 0) is 19.3 Å². The number of hydrogen-bond acceptors (Lipinski definition) is 3. The number of carbonyl (C=O) groups is 3. The molecule has 0 N–H and O–H groups in total. The zero-order valence-electron chi connectivity index (χ0n) is 8.17. The molecule has 0 saturated heterocycles. The summed E-state index contributed by atoms with van der Waals surface area (Å²) in [4.78, 5) is 34.6. The lowest BCUT2D eigenvalue weighted by Gasteiger charge is -2.36. The highest BCUT2D eigenvalue weighted by atomic mass is 16.2. The largest absolute Gasteiger partial charge is 0.300 e. The summed E-state index contributed by atoms with van der Waals surface area (Å²) in [5, 5.41) is 0. The van der Waals surface area contributed by atoms with E-state index in [1.54, 1.807) is 0 Å². The highest BCUT2D eigenvalue weighted by molar-refractivity contribution is 6.10. The van der Waals surface area contributed by atoms with E-state index in [4.69, 9.17) is 0 Å². The van der Waals surface area contributed by atoms with Crippen LogP contribution in [0.3, 0.4) is 0 Å². The second kappa shape index (κ2) is 3.30. The molecular formula is C11H14O3. The maximum absolute atomic E-state index is 11.8. The molecule has 2 fully saturated rings. The summed E-state index contributed by atoms with van der Waals surface area (Å²) in [6.07, 6.45) is 3.54. The summed E-state index contributed by atoms with van der Waals surface area (Å²) >= 11 is 0. The van der Waals surface area contributed by atoms with Crippen LogP contribution in [-0.4, -0.2) is 17.3 Å². The molecule has 0 bridgehead atoms. The number of hydrogen-bond donors (Lipinski definition) is 0. The summed E-state index contributed by atoms with van der Waals surface area (Å²) in [6.45, 7) is 0. The Morgan fingerprint density at radius 2 is 1.29 bits per heavy atom. The zero-order chi connectivity index (χ0) is 10.2. The molecule has 14 heavy (non-hydrogen) atoms. The van der Waals surface area contributed by atoms with Crippen LogP contribution in [0.25, 0.3) is 0 Å². The fourth-order valence-corrected chi connectivity index (χ4v) is 2.56. The van der Waals surface area contributed by atoms with Crippen molar-refractivity contribution in [3.05, 3.63) is 0 Å². The average Bonchev–Trinajstić information content (AvgIpc) is 2.17. The first kappa shape index (κ1) is 9.56. The van der Waals surface area contributed by atoms with E-state index in [9.17, 15) is 14.4 Å². The molecule has 0 heterocycles. The Hall–Kier alpha value is -0.990. The van der Waals surface area contributed by atoms with Gasteiger partial charge in [0.25, 0.3) is 0 Å². The van der Waals surface area contributed by atoms with Crippen molar-refractivity contribution in [2.75, 3.05) is 0 Å². The van der Waals surface area contributed by atoms with E-state index in [1.165, 1.54) is 0 Å². The molecule has 0 radical (unpaired) electrons. The van der Waals surface area contributed by atoms with E-state index in [2.05, 4.69) is 0 Å². The summed E-state index contributed by atoms with van der Waals surface area (Å²) < 4.78 is 0. The maximum Gasteiger partial charge on any atom is 0.146 e. The molecule has 3 nitrogen and oxygen atoms in total. The van der Waals surface area contributed by atoms with Gasteiger partial charge in [0, 0.05) is 25.7 Å². The van der Waals surface area contributed by atoms with Gasteiger partial charge in [0.2, 0.25) is 0 Å². The lowest BCUT2D eigenvalue weighted by molar-refractivity contribution is -0.147. The third-order valence-electron chi connectivity index (χ3n) is 3.54. The molecule has 2 aliphatic rings. The van der Waals surface area contributed by atoms with E-state index in [-0.39, 0.29) is 17.3 Å². The molecule has 2 saturated carbocycles. The van der Waals surface area contributed by atoms with Gasteiger partial charge in [-0.3, -0.25) is 14.4 Å². The van der Waals surface area contributed by atoms with Gasteiger partial charge in [-0.25, -0.2) is 0 Å².